The minimum absolute atomic E-state index is 0.247. The molecule has 204 valence electrons. The summed E-state index contributed by atoms with van der Waals surface area (Å²) < 4.78 is 67.0. The fraction of sp³-hybridized carbons (Fsp3) is 0.462. The smallest absolute Gasteiger partial charge is 0.355 e. The van der Waals surface area contributed by atoms with E-state index in [2.05, 4.69) is 22.2 Å². The van der Waals surface area contributed by atoms with Gasteiger partial charge in [0.2, 0.25) is 0 Å². The van der Waals surface area contributed by atoms with E-state index >= 15 is 0 Å². The van der Waals surface area contributed by atoms with Crippen molar-refractivity contribution >= 4 is 23.0 Å². The molecule has 2 heterocycles. The number of rotatable bonds is 6. The molecule has 3 rings (SSSR count). The van der Waals surface area contributed by atoms with Crippen molar-refractivity contribution in [3.05, 3.63) is 71.5 Å². The number of hydrogen-bond acceptors (Lipinski definition) is 3. The van der Waals surface area contributed by atoms with E-state index in [9.17, 15) is 26.7 Å². The normalized spacial score (nSPS) is 24.1. The Morgan fingerprint density at radius 3 is 2.41 bits per heavy atom. The first-order chi connectivity index (χ1) is 17.4. The van der Waals surface area contributed by atoms with E-state index in [1.165, 1.54) is 28.8 Å². The van der Waals surface area contributed by atoms with E-state index in [1.54, 1.807) is 25.3 Å². The van der Waals surface area contributed by atoms with Crippen LogP contribution in [0.15, 0.2) is 65.3 Å². The van der Waals surface area contributed by atoms with Crippen LogP contribution in [0.25, 0.3) is 0 Å². The second-order valence-electron chi connectivity index (χ2n) is 8.38. The summed E-state index contributed by atoms with van der Waals surface area (Å²) in [6.07, 6.45) is 1.70. The lowest BCUT2D eigenvalue weighted by Crippen LogP contribution is -2.46. The highest BCUT2D eigenvalue weighted by Gasteiger charge is 2.47. The molecule has 37 heavy (non-hydrogen) atoms. The van der Waals surface area contributed by atoms with E-state index in [0.717, 1.165) is 24.6 Å². The molecule has 1 saturated heterocycles. The summed E-state index contributed by atoms with van der Waals surface area (Å²) >= 11 is 1.18. The molecule has 2 amide bonds. The van der Waals surface area contributed by atoms with E-state index in [4.69, 9.17) is 0 Å². The number of amides is 2. The Balaban J connectivity index is 0.00000235. The van der Waals surface area contributed by atoms with Crippen LogP contribution in [-0.2, 0) is 12.6 Å². The highest BCUT2D eigenvalue weighted by molar-refractivity contribution is 8.15. The number of likely N-dealkylation sites (N-methyl/N-ethyl adjacent to an activating group) is 1. The number of urea groups is 1. The van der Waals surface area contributed by atoms with Crippen LogP contribution in [-0.4, -0.2) is 53.5 Å². The Kier molecular flexibility index (Phi) is 10.8. The van der Waals surface area contributed by atoms with Crippen LogP contribution in [0, 0.1) is 0 Å². The molecular weight excluding hydrogens is 511 g/mol. The van der Waals surface area contributed by atoms with Gasteiger partial charge in [-0.15, -0.1) is 0 Å². The Bertz CT molecular complexity index is 1030. The molecule has 2 N–H and O–H groups in total. The number of alkyl halides is 5. The fourth-order valence-corrected chi connectivity index (χ4v) is 4.92. The van der Waals surface area contributed by atoms with Crippen molar-refractivity contribution in [3.63, 3.8) is 0 Å². The first-order valence-electron chi connectivity index (χ1n) is 12.0. The molecule has 2 aliphatic heterocycles. The van der Waals surface area contributed by atoms with Crippen molar-refractivity contribution in [2.45, 2.75) is 57.0 Å². The molecule has 2 unspecified atom stereocenters. The van der Waals surface area contributed by atoms with Gasteiger partial charge in [0.15, 0.2) is 5.17 Å². The van der Waals surface area contributed by atoms with Gasteiger partial charge in [0.1, 0.15) is 6.04 Å². The number of nitrogens with zero attached hydrogens (tertiary/aromatic N) is 2. The van der Waals surface area contributed by atoms with Crippen LogP contribution in [0.5, 0.6) is 0 Å². The molecular formula is C26H33F5N4OS. The number of nitrogens with one attached hydrogen (secondary N) is 2. The number of benzene rings is 1. The minimum Gasteiger partial charge on any atom is -0.355 e. The van der Waals surface area contributed by atoms with Gasteiger partial charge < -0.3 is 10.6 Å². The van der Waals surface area contributed by atoms with Gasteiger partial charge in [0, 0.05) is 32.8 Å². The Labute approximate surface area is 219 Å². The van der Waals surface area contributed by atoms with Crippen molar-refractivity contribution in [1.29, 1.82) is 0 Å². The van der Waals surface area contributed by atoms with Gasteiger partial charge >= 0.3 is 12.2 Å². The van der Waals surface area contributed by atoms with Gasteiger partial charge in [-0.2, -0.15) is 13.2 Å². The van der Waals surface area contributed by atoms with Crippen LogP contribution >= 0.6 is 11.8 Å². The molecule has 5 nitrogen and oxygen atoms in total. The summed E-state index contributed by atoms with van der Waals surface area (Å²) in [5.74, 6) is -3.05. The quantitative estimate of drug-likeness (QED) is 0.322. The molecule has 1 aromatic carbocycles. The fourth-order valence-electron chi connectivity index (χ4n) is 3.60. The van der Waals surface area contributed by atoms with Gasteiger partial charge in [0.25, 0.3) is 5.92 Å². The van der Waals surface area contributed by atoms with E-state index in [0.29, 0.717) is 35.8 Å². The second kappa shape index (κ2) is 13.1. The van der Waals surface area contributed by atoms with Crippen LogP contribution < -0.4 is 10.6 Å². The van der Waals surface area contributed by atoms with Crippen molar-refractivity contribution in [1.82, 2.24) is 15.5 Å². The number of carbonyl (C=O) groups is 1. The van der Waals surface area contributed by atoms with Crippen molar-refractivity contribution in [2.75, 3.05) is 20.1 Å². The number of hydrogen-bond donors (Lipinski definition) is 2. The lowest BCUT2D eigenvalue weighted by atomic mass is 9.99. The topological polar surface area (TPSA) is 56.7 Å². The lowest BCUT2D eigenvalue weighted by molar-refractivity contribution is -0.137. The average molecular weight is 545 g/mol. The number of aliphatic imine (C=N–C) groups is 1. The van der Waals surface area contributed by atoms with E-state index < -0.39 is 29.0 Å². The van der Waals surface area contributed by atoms with E-state index in [-0.39, 0.29) is 12.6 Å². The van der Waals surface area contributed by atoms with Crippen LogP contribution in [0.2, 0.25) is 0 Å². The molecule has 0 spiro atoms. The number of amidine groups is 1. The maximum atomic E-state index is 14.5. The molecule has 2 aliphatic rings. The zero-order chi connectivity index (χ0) is 27.8. The van der Waals surface area contributed by atoms with Crippen LogP contribution in [0.1, 0.15) is 38.3 Å². The maximum Gasteiger partial charge on any atom is 0.416 e. The molecule has 0 aromatic heterocycles. The SMILES string of the molecule is C=C1/C=C(C2SC(=NCCCc3ccc(C(F)(F)F)cc3)NC2C(C)(F)F)\C=C/CNC(=O)N1C.CC. The molecule has 0 bridgehead atoms. The van der Waals surface area contributed by atoms with Gasteiger partial charge in [0.05, 0.1) is 10.8 Å². The third kappa shape index (κ3) is 8.62. The number of carbonyl (C=O) groups excluding carboxylic acids is 1. The Hall–Kier alpha value is -2.82. The van der Waals surface area contributed by atoms with Crippen molar-refractivity contribution in [2.24, 2.45) is 4.99 Å². The van der Waals surface area contributed by atoms with Crippen molar-refractivity contribution in [3.8, 4) is 0 Å². The molecule has 11 heteroatoms. The lowest BCUT2D eigenvalue weighted by Gasteiger charge is -2.25. The number of allylic oxidation sites excluding steroid dienone is 2. The second-order valence-corrected chi connectivity index (χ2v) is 9.52. The summed E-state index contributed by atoms with van der Waals surface area (Å²) in [5.41, 5.74) is 0.989. The number of thioether (sulfide) groups is 1. The Morgan fingerprint density at radius 1 is 1.16 bits per heavy atom. The van der Waals surface area contributed by atoms with Crippen LogP contribution in [0.3, 0.4) is 0 Å². The summed E-state index contributed by atoms with van der Waals surface area (Å²) in [4.78, 5) is 17.8. The largest absolute Gasteiger partial charge is 0.416 e. The monoisotopic (exact) mass is 544 g/mol. The molecule has 0 saturated carbocycles. The zero-order valence-electron chi connectivity index (χ0n) is 21.3. The molecule has 0 aliphatic carbocycles. The number of aryl methyl sites for hydroxylation is 1. The third-order valence-corrected chi connectivity index (χ3v) is 6.87. The summed E-state index contributed by atoms with van der Waals surface area (Å²) in [6.45, 7) is 9.29. The van der Waals surface area contributed by atoms with Crippen molar-refractivity contribution < 1.29 is 26.7 Å². The summed E-state index contributed by atoms with van der Waals surface area (Å²) in [6, 6.07) is 3.38. The number of halogens is 5. The predicted molar refractivity (Wildman–Crippen MR) is 140 cm³/mol. The molecule has 2 atom stereocenters. The standard InChI is InChI=1S/C24H27F5N4OS.C2H6/c1-15-14-17(7-5-13-31-22(34)33(15)3)19-20(23(2,25)26)32-21(35-19)30-12-4-6-16-8-10-18(11-9-16)24(27,28)29;1-2/h5,7-11,14,19-20H,1,4,6,12-13H2,2-3H3,(H,30,32)(H,31,34);1-2H3/b7-5-,17-14+;. The van der Waals surface area contributed by atoms with Gasteiger partial charge in [-0.3, -0.25) is 9.89 Å². The van der Waals surface area contributed by atoms with Gasteiger partial charge in [-0.1, -0.05) is 56.5 Å². The highest BCUT2D eigenvalue weighted by Crippen LogP contribution is 2.38. The Morgan fingerprint density at radius 2 is 1.81 bits per heavy atom. The molecule has 1 aromatic rings. The van der Waals surface area contributed by atoms with Gasteiger partial charge in [-0.25, -0.2) is 13.6 Å². The summed E-state index contributed by atoms with van der Waals surface area (Å²) in [7, 11) is 1.55. The maximum absolute atomic E-state index is 14.5. The first kappa shape index (κ1) is 30.4. The molecule has 0 radical (unpaired) electrons. The third-order valence-electron chi connectivity index (χ3n) is 5.61. The predicted octanol–water partition coefficient (Wildman–Crippen LogP) is 6.40. The zero-order valence-corrected chi connectivity index (χ0v) is 22.1. The average Bonchev–Trinajstić information content (AvgIpc) is 3.30. The highest BCUT2D eigenvalue weighted by atomic mass is 32.2. The van der Waals surface area contributed by atoms with Gasteiger partial charge in [-0.05, 0) is 42.2 Å². The first-order valence-corrected chi connectivity index (χ1v) is 12.8. The molecule has 1 fully saturated rings. The summed E-state index contributed by atoms with van der Waals surface area (Å²) in [5, 5.41) is 5.21. The van der Waals surface area contributed by atoms with E-state index in [1.807, 2.05) is 13.8 Å². The minimum atomic E-state index is -4.38. The van der Waals surface area contributed by atoms with Crippen LogP contribution in [0.4, 0.5) is 26.7 Å².